The second kappa shape index (κ2) is 13.2. The Morgan fingerprint density at radius 2 is 1.64 bits per heavy atom. The standard InChI is InChI=1S/C35H42F2N6O7/c1-18-24(14-39-30-29(18)43(8-9-47-30)33(46)50-35(5,6)7)23-10-19-11-26(40-31(44)48-22-12-21(13-22)42-16-20(36)17-42)38-15-25(19)28(27(23)37)41-32(45)49-34(2,3)4/h10-11,14-15,20-22H,8-9,12-13,16-17H2,1-7H3,(H,41,45)(H,38,40,44). The Morgan fingerprint density at radius 1 is 0.940 bits per heavy atom. The highest BCUT2D eigenvalue weighted by atomic mass is 19.1. The van der Waals surface area contributed by atoms with Crippen LogP contribution in [0.3, 0.4) is 0 Å². The van der Waals surface area contributed by atoms with Crippen molar-refractivity contribution in [2.45, 2.75) is 90.8 Å². The van der Waals surface area contributed by atoms with Gasteiger partial charge in [-0.3, -0.25) is 20.4 Å². The molecule has 0 spiro atoms. The maximum atomic E-state index is 16.6. The maximum Gasteiger partial charge on any atom is 0.415 e. The van der Waals surface area contributed by atoms with Crippen molar-refractivity contribution in [1.29, 1.82) is 0 Å². The quantitative estimate of drug-likeness (QED) is 0.269. The number of fused-ring (bicyclic) bond motifs is 2. The summed E-state index contributed by atoms with van der Waals surface area (Å²) >= 11 is 0. The molecule has 50 heavy (non-hydrogen) atoms. The number of nitrogens with zero attached hydrogens (tertiary/aromatic N) is 4. The van der Waals surface area contributed by atoms with E-state index in [2.05, 4.69) is 20.6 Å². The second-order valence-electron chi connectivity index (χ2n) is 14.8. The van der Waals surface area contributed by atoms with Crippen LogP contribution in [0.4, 0.5) is 40.4 Å². The molecule has 0 atom stereocenters. The molecule has 1 aromatic carbocycles. The molecule has 1 saturated heterocycles. The summed E-state index contributed by atoms with van der Waals surface area (Å²) in [7, 11) is 0. The molecule has 3 amide bonds. The largest absolute Gasteiger partial charge is 0.474 e. The predicted octanol–water partition coefficient (Wildman–Crippen LogP) is 6.96. The third-order valence-corrected chi connectivity index (χ3v) is 8.54. The van der Waals surface area contributed by atoms with E-state index in [1.54, 1.807) is 54.5 Å². The summed E-state index contributed by atoms with van der Waals surface area (Å²) < 4.78 is 52.2. The van der Waals surface area contributed by atoms with Crippen molar-refractivity contribution in [3.05, 3.63) is 35.9 Å². The molecule has 1 aliphatic carbocycles. The zero-order valence-corrected chi connectivity index (χ0v) is 29.2. The minimum atomic E-state index is -0.885. The van der Waals surface area contributed by atoms with Gasteiger partial charge in [-0.25, -0.2) is 33.1 Å². The SMILES string of the molecule is Cc1c(-c2cc3cc(NC(=O)OC4CC(N5CC(F)C5)C4)ncc3c(NC(=O)OC(C)(C)C)c2F)cnc2c1N(C(=O)OC(C)(C)C)CCO2. The number of halogens is 2. The van der Waals surface area contributed by atoms with Crippen LogP contribution < -0.4 is 20.3 Å². The van der Waals surface area contributed by atoms with Gasteiger partial charge in [-0.15, -0.1) is 0 Å². The lowest BCUT2D eigenvalue weighted by Crippen LogP contribution is -2.59. The number of carbonyl (C=O) groups excluding carboxylic acids is 3. The highest BCUT2D eigenvalue weighted by Crippen LogP contribution is 2.43. The molecule has 1 saturated carbocycles. The van der Waals surface area contributed by atoms with Crippen LogP contribution in [0.1, 0.15) is 59.9 Å². The Balaban J connectivity index is 1.33. The Kier molecular flexibility index (Phi) is 9.22. The number of aromatic nitrogens is 2. The lowest BCUT2D eigenvalue weighted by atomic mass is 9.86. The molecule has 4 heterocycles. The van der Waals surface area contributed by atoms with Crippen LogP contribution in [0.5, 0.6) is 5.88 Å². The predicted molar refractivity (Wildman–Crippen MR) is 182 cm³/mol. The van der Waals surface area contributed by atoms with Crippen molar-refractivity contribution >= 4 is 46.2 Å². The molecule has 2 aliphatic heterocycles. The Morgan fingerprint density at radius 3 is 2.30 bits per heavy atom. The molecule has 3 aliphatic rings. The number of hydrogen-bond donors (Lipinski definition) is 2. The fourth-order valence-electron chi connectivity index (χ4n) is 6.14. The van der Waals surface area contributed by atoms with Gasteiger partial charge in [-0.1, -0.05) is 0 Å². The minimum Gasteiger partial charge on any atom is -0.474 e. The third-order valence-electron chi connectivity index (χ3n) is 8.54. The monoisotopic (exact) mass is 696 g/mol. The van der Waals surface area contributed by atoms with E-state index < -0.39 is 41.5 Å². The number of carbonyl (C=O) groups is 3. The number of ether oxygens (including phenoxy) is 4. The van der Waals surface area contributed by atoms with Crippen molar-refractivity contribution in [2.75, 3.05) is 41.8 Å². The van der Waals surface area contributed by atoms with Crippen LogP contribution in [-0.4, -0.2) is 88.9 Å². The van der Waals surface area contributed by atoms with Crippen LogP contribution in [-0.2, 0) is 14.2 Å². The van der Waals surface area contributed by atoms with Gasteiger partial charge in [0, 0.05) is 60.9 Å². The van der Waals surface area contributed by atoms with E-state index in [4.69, 9.17) is 18.9 Å². The minimum absolute atomic E-state index is 0.0489. The molecule has 0 unspecified atom stereocenters. The van der Waals surface area contributed by atoms with Crippen LogP contribution in [0.15, 0.2) is 24.5 Å². The summed E-state index contributed by atoms with van der Waals surface area (Å²) in [5, 5.41) is 5.82. The molecular formula is C35H42F2N6O7. The Labute approximate surface area is 288 Å². The van der Waals surface area contributed by atoms with Gasteiger partial charge in [0.1, 0.15) is 41.6 Å². The number of amides is 3. The third kappa shape index (κ3) is 7.52. The first-order valence-corrected chi connectivity index (χ1v) is 16.6. The first-order valence-electron chi connectivity index (χ1n) is 16.6. The van der Waals surface area contributed by atoms with Gasteiger partial charge in [0.05, 0.1) is 12.2 Å². The van der Waals surface area contributed by atoms with Gasteiger partial charge in [-0.05, 0) is 71.5 Å². The number of rotatable bonds is 5. The molecule has 6 rings (SSSR count). The average Bonchev–Trinajstić information content (AvgIpc) is 2.97. The lowest BCUT2D eigenvalue weighted by Gasteiger charge is -2.47. The van der Waals surface area contributed by atoms with Gasteiger partial charge in [0.15, 0.2) is 5.82 Å². The number of anilines is 3. The molecule has 2 fully saturated rings. The number of pyridine rings is 2. The molecule has 0 bridgehead atoms. The average molecular weight is 697 g/mol. The van der Waals surface area contributed by atoms with Crippen LogP contribution in [0.2, 0.25) is 0 Å². The zero-order valence-electron chi connectivity index (χ0n) is 29.2. The van der Waals surface area contributed by atoms with Crippen molar-refractivity contribution in [2.24, 2.45) is 0 Å². The van der Waals surface area contributed by atoms with E-state index in [0.717, 1.165) is 0 Å². The fourth-order valence-corrected chi connectivity index (χ4v) is 6.14. The fraction of sp³-hybridized carbons (Fsp3) is 0.514. The van der Waals surface area contributed by atoms with Gasteiger partial charge in [-0.2, -0.15) is 0 Å². The number of likely N-dealkylation sites (tertiary alicyclic amines) is 1. The van der Waals surface area contributed by atoms with Gasteiger partial charge < -0.3 is 18.9 Å². The van der Waals surface area contributed by atoms with E-state index >= 15 is 4.39 Å². The molecule has 2 aromatic heterocycles. The van der Waals surface area contributed by atoms with Crippen LogP contribution in [0, 0.1) is 12.7 Å². The molecule has 268 valence electrons. The highest BCUT2D eigenvalue weighted by Gasteiger charge is 2.41. The summed E-state index contributed by atoms with van der Waals surface area (Å²) in [4.78, 5) is 51.0. The maximum absolute atomic E-state index is 16.6. The van der Waals surface area contributed by atoms with Crippen molar-refractivity contribution in [1.82, 2.24) is 14.9 Å². The number of alkyl halides is 1. The Hall–Kier alpha value is -4.79. The van der Waals surface area contributed by atoms with E-state index in [0.29, 0.717) is 48.1 Å². The van der Waals surface area contributed by atoms with Crippen LogP contribution in [0.25, 0.3) is 21.9 Å². The van der Waals surface area contributed by atoms with Gasteiger partial charge >= 0.3 is 18.3 Å². The summed E-state index contributed by atoms with van der Waals surface area (Å²) in [6.07, 6.45) is 0.727. The normalized spacial score (nSPS) is 19.4. The molecule has 0 radical (unpaired) electrons. The summed E-state index contributed by atoms with van der Waals surface area (Å²) in [5.74, 6) is -0.469. The van der Waals surface area contributed by atoms with Gasteiger partial charge in [0.2, 0.25) is 5.88 Å². The topological polar surface area (TPSA) is 144 Å². The molecule has 15 heteroatoms. The number of benzene rings is 1. The summed E-state index contributed by atoms with van der Waals surface area (Å²) in [5.41, 5.74) is -0.638. The van der Waals surface area contributed by atoms with Crippen molar-refractivity contribution in [3.8, 4) is 17.0 Å². The first-order chi connectivity index (χ1) is 23.5. The molecule has 13 nitrogen and oxygen atoms in total. The highest BCUT2D eigenvalue weighted by molar-refractivity contribution is 6.05. The van der Waals surface area contributed by atoms with Gasteiger partial charge in [0.25, 0.3) is 0 Å². The summed E-state index contributed by atoms with van der Waals surface area (Å²) in [6, 6.07) is 3.28. The molecule has 3 aromatic rings. The smallest absolute Gasteiger partial charge is 0.415 e. The van der Waals surface area contributed by atoms with Crippen molar-refractivity contribution in [3.63, 3.8) is 0 Å². The van der Waals surface area contributed by atoms with E-state index in [-0.39, 0.29) is 53.6 Å². The number of hydrogen-bond acceptors (Lipinski definition) is 10. The van der Waals surface area contributed by atoms with E-state index in [1.807, 2.05) is 4.90 Å². The zero-order chi connectivity index (χ0) is 36.1. The lowest BCUT2D eigenvalue weighted by molar-refractivity contribution is -0.0575. The van der Waals surface area contributed by atoms with E-state index in [1.165, 1.54) is 23.4 Å². The Bertz CT molecular complexity index is 1830. The van der Waals surface area contributed by atoms with E-state index in [9.17, 15) is 18.8 Å². The second-order valence-corrected chi connectivity index (χ2v) is 14.8. The van der Waals surface area contributed by atoms with Crippen molar-refractivity contribution < 1.29 is 42.1 Å². The number of nitrogens with one attached hydrogen (secondary N) is 2. The molecular weight excluding hydrogens is 654 g/mol. The van der Waals surface area contributed by atoms with Crippen LogP contribution >= 0.6 is 0 Å². The molecule has 2 N–H and O–H groups in total. The first kappa shape index (κ1) is 35.1. The summed E-state index contributed by atoms with van der Waals surface area (Å²) in [6.45, 7) is 13.2.